The van der Waals surface area contributed by atoms with Gasteiger partial charge in [-0.05, 0) is 51.9 Å². The summed E-state index contributed by atoms with van der Waals surface area (Å²) in [6.07, 6.45) is 11.7. The van der Waals surface area contributed by atoms with E-state index >= 15 is 0 Å². The number of hydrogen-bond donors (Lipinski definition) is 0. The Morgan fingerprint density at radius 1 is 0.818 bits per heavy atom. The lowest BCUT2D eigenvalue weighted by Gasteiger charge is -2.35. The highest BCUT2D eigenvalue weighted by Gasteiger charge is 2.41. The fraction of sp³-hybridized carbons (Fsp3) is 1.00. The summed E-state index contributed by atoms with van der Waals surface area (Å²) >= 11 is 0. The molecule has 0 aromatic carbocycles. The first-order valence-corrected chi connectivity index (χ1v) is 9.63. The van der Waals surface area contributed by atoms with Crippen molar-refractivity contribution < 1.29 is 14.2 Å². The highest BCUT2D eigenvalue weighted by molar-refractivity contribution is 4.83. The van der Waals surface area contributed by atoms with Crippen LogP contribution < -0.4 is 0 Å². The predicted octanol–water partition coefficient (Wildman–Crippen LogP) is 5.53. The molecule has 3 heteroatoms. The van der Waals surface area contributed by atoms with Crippen molar-refractivity contribution in [3.8, 4) is 0 Å². The molecule has 0 bridgehead atoms. The maximum atomic E-state index is 5.92. The largest absolute Gasteiger partial charge is 0.328 e. The Hall–Kier alpha value is -0.120. The highest BCUT2D eigenvalue weighted by Crippen LogP contribution is 2.44. The second kappa shape index (κ2) is 11.4. The van der Waals surface area contributed by atoms with Crippen LogP contribution in [0.4, 0.5) is 0 Å². The average Bonchev–Trinajstić information content (AvgIpc) is 3.31. The first-order valence-electron chi connectivity index (χ1n) is 9.63. The summed E-state index contributed by atoms with van der Waals surface area (Å²) in [5, 5.41) is 0. The van der Waals surface area contributed by atoms with Gasteiger partial charge in [-0.15, -0.1) is 0 Å². The first kappa shape index (κ1) is 19.9. The lowest BCUT2D eigenvalue weighted by Crippen LogP contribution is -2.41. The summed E-state index contributed by atoms with van der Waals surface area (Å²) in [7, 11) is 0. The van der Waals surface area contributed by atoms with Gasteiger partial charge in [0.15, 0.2) is 0 Å². The van der Waals surface area contributed by atoms with E-state index in [4.69, 9.17) is 14.2 Å². The van der Waals surface area contributed by atoms with E-state index in [9.17, 15) is 0 Å². The Morgan fingerprint density at radius 3 is 1.82 bits per heavy atom. The molecule has 22 heavy (non-hydrogen) atoms. The molecule has 1 rings (SSSR count). The molecular weight excluding hydrogens is 276 g/mol. The molecule has 1 fully saturated rings. The van der Waals surface area contributed by atoms with E-state index in [0.717, 1.165) is 12.3 Å². The quantitative estimate of drug-likeness (QED) is 0.294. The number of unbranched alkanes of at least 4 members (excludes halogenated alkanes) is 4. The van der Waals surface area contributed by atoms with Crippen LogP contribution in [0, 0.1) is 11.8 Å². The molecule has 0 aromatic rings. The van der Waals surface area contributed by atoms with Gasteiger partial charge >= 0.3 is 0 Å². The summed E-state index contributed by atoms with van der Waals surface area (Å²) in [4.78, 5) is 0. The third-order valence-corrected chi connectivity index (χ3v) is 4.57. The van der Waals surface area contributed by atoms with Gasteiger partial charge in [-0.25, -0.2) is 0 Å². The Kier molecular flexibility index (Phi) is 10.3. The molecule has 1 saturated carbocycles. The normalized spacial score (nSPS) is 16.9. The Balaban J connectivity index is 2.52. The molecule has 0 heterocycles. The maximum absolute atomic E-state index is 5.92. The van der Waals surface area contributed by atoms with Gasteiger partial charge < -0.3 is 14.2 Å². The Labute approximate surface area is 138 Å². The van der Waals surface area contributed by atoms with Crippen LogP contribution in [0.5, 0.6) is 0 Å². The molecule has 0 saturated heterocycles. The van der Waals surface area contributed by atoms with Crippen LogP contribution in [0.1, 0.15) is 85.5 Å². The van der Waals surface area contributed by atoms with Crippen LogP contribution >= 0.6 is 0 Å². The molecule has 0 radical (unpaired) electrons. The van der Waals surface area contributed by atoms with Crippen LogP contribution in [-0.4, -0.2) is 25.8 Å². The predicted molar refractivity (Wildman–Crippen MR) is 91.8 cm³/mol. The van der Waals surface area contributed by atoms with Crippen LogP contribution in [0.15, 0.2) is 0 Å². The van der Waals surface area contributed by atoms with E-state index in [0.29, 0.717) is 25.7 Å². The topological polar surface area (TPSA) is 27.7 Å². The van der Waals surface area contributed by atoms with Crippen molar-refractivity contribution in [1.29, 1.82) is 0 Å². The second-order valence-corrected chi connectivity index (χ2v) is 6.49. The zero-order valence-electron chi connectivity index (χ0n) is 15.4. The van der Waals surface area contributed by atoms with Crippen LogP contribution in [0.3, 0.4) is 0 Å². The van der Waals surface area contributed by atoms with Crippen molar-refractivity contribution in [3.63, 3.8) is 0 Å². The molecule has 0 amide bonds. The monoisotopic (exact) mass is 314 g/mol. The first-order chi connectivity index (χ1) is 10.7. The third kappa shape index (κ3) is 7.43. The molecule has 1 unspecified atom stereocenters. The van der Waals surface area contributed by atoms with E-state index < -0.39 is 5.97 Å². The molecule has 132 valence electrons. The van der Waals surface area contributed by atoms with Gasteiger partial charge in [0.05, 0.1) is 0 Å². The van der Waals surface area contributed by atoms with Crippen molar-refractivity contribution in [2.45, 2.75) is 91.5 Å². The third-order valence-electron chi connectivity index (χ3n) is 4.57. The van der Waals surface area contributed by atoms with E-state index in [1.165, 1.54) is 51.4 Å². The summed E-state index contributed by atoms with van der Waals surface area (Å²) in [6.45, 7) is 10.2. The van der Waals surface area contributed by atoms with Gasteiger partial charge in [-0.3, -0.25) is 0 Å². The minimum atomic E-state index is -0.811. The second-order valence-electron chi connectivity index (χ2n) is 6.49. The average molecular weight is 315 g/mol. The number of hydrogen-bond acceptors (Lipinski definition) is 3. The molecule has 0 N–H and O–H groups in total. The van der Waals surface area contributed by atoms with E-state index in [2.05, 4.69) is 6.92 Å². The lowest BCUT2D eigenvalue weighted by atomic mass is 9.91. The Bertz CT molecular complexity index is 246. The van der Waals surface area contributed by atoms with Gasteiger partial charge in [0.1, 0.15) is 0 Å². The van der Waals surface area contributed by atoms with Gasteiger partial charge in [-0.1, -0.05) is 39.0 Å². The van der Waals surface area contributed by atoms with Gasteiger partial charge in [0.2, 0.25) is 0 Å². The zero-order valence-corrected chi connectivity index (χ0v) is 15.4. The molecule has 3 nitrogen and oxygen atoms in total. The SMILES string of the molecule is CCCCCCCC(CC(OCC)(OCC)OCC)C1CC1. The Morgan fingerprint density at radius 2 is 1.36 bits per heavy atom. The van der Waals surface area contributed by atoms with Crippen LogP contribution in [0.2, 0.25) is 0 Å². The van der Waals surface area contributed by atoms with E-state index in [-0.39, 0.29) is 0 Å². The molecule has 0 spiro atoms. The molecule has 0 aliphatic heterocycles. The van der Waals surface area contributed by atoms with Crippen molar-refractivity contribution in [2.75, 3.05) is 19.8 Å². The summed E-state index contributed by atoms with van der Waals surface area (Å²) in [5.74, 6) is 0.743. The summed E-state index contributed by atoms with van der Waals surface area (Å²) in [6, 6.07) is 0. The molecule has 1 aliphatic carbocycles. The van der Waals surface area contributed by atoms with Crippen molar-refractivity contribution in [2.24, 2.45) is 11.8 Å². The minimum Gasteiger partial charge on any atom is -0.328 e. The summed E-state index contributed by atoms with van der Waals surface area (Å²) in [5.41, 5.74) is 0. The van der Waals surface area contributed by atoms with Crippen molar-refractivity contribution >= 4 is 0 Å². The fourth-order valence-electron chi connectivity index (χ4n) is 3.36. The van der Waals surface area contributed by atoms with Crippen molar-refractivity contribution in [1.82, 2.24) is 0 Å². The van der Waals surface area contributed by atoms with Crippen LogP contribution in [0.25, 0.3) is 0 Å². The fourth-order valence-corrected chi connectivity index (χ4v) is 3.36. The minimum absolute atomic E-state index is 0.633. The van der Waals surface area contributed by atoms with E-state index in [1.54, 1.807) is 0 Å². The number of rotatable bonds is 15. The molecule has 0 aromatic heterocycles. The van der Waals surface area contributed by atoms with E-state index in [1.807, 2.05) is 20.8 Å². The maximum Gasteiger partial charge on any atom is 0.283 e. The van der Waals surface area contributed by atoms with Gasteiger partial charge in [0.25, 0.3) is 5.97 Å². The van der Waals surface area contributed by atoms with Gasteiger partial charge in [0, 0.05) is 26.2 Å². The molecular formula is C19H38O3. The lowest BCUT2D eigenvalue weighted by molar-refractivity contribution is -0.384. The highest BCUT2D eigenvalue weighted by atomic mass is 16.9. The zero-order chi connectivity index (χ0) is 16.3. The van der Waals surface area contributed by atoms with Crippen LogP contribution in [-0.2, 0) is 14.2 Å². The van der Waals surface area contributed by atoms with Crippen molar-refractivity contribution in [3.05, 3.63) is 0 Å². The molecule has 1 aliphatic rings. The smallest absolute Gasteiger partial charge is 0.283 e. The number of ether oxygens (including phenoxy) is 3. The standard InChI is InChI=1S/C19H38O3/c1-5-9-10-11-12-13-18(17-14-15-17)16-19(20-6-2,21-7-3)22-8-4/h17-18H,5-16H2,1-4H3. The van der Waals surface area contributed by atoms with Gasteiger partial charge in [-0.2, -0.15) is 0 Å². The molecule has 1 atom stereocenters. The summed E-state index contributed by atoms with van der Waals surface area (Å²) < 4.78 is 17.8.